The third kappa shape index (κ3) is 2.29. The van der Waals surface area contributed by atoms with Crippen LogP contribution in [0.3, 0.4) is 0 Å². The van der Waals surface area contributed by atoms with Crippen LogP contribution >= 0.6 is 0 Å². The van der Waals surface area contributed by atoms with Crippen molar-refractivity contribution in [1.82, 2.24) is 4.31 Å². The summed E-state index contributed by atoms with van der Waals surface area (Å²) in [6.45, 7) is -0.404. The third-order valence-electron chi connectivity index (χ3n) is 2.34. The lowest BCUT2D eigenvalue weighted by atomic mass is 10.1. The Morgan fingerprint density at radius 2 is 1.88 bits per heavy atom. The van der Waals surface area contributed by atoms with Gasteiger partial charge in [0, 0.05) is 6.54 Å². The number of alkyl halides is 3. The van der Waals surface area contributed by atoms with Crippen LogP contribution in [-0.2, 0) is 14.8 Å². The Kier molecular flexibility index (Phi) is 3.48. The average molecular weight is 261 g/mol. The van der Waals surface area contributed by atoms with Crippen LogP contribution in [0.1, 0.15) is 19.3 Å². The number of halogens is 3. The topological polar surface area (TPSA) is 74.7 Å². The molecule has 1 aliphatic heterocycles. The molecular formula is C7H10F3NO4S. The quantitative estimate of drug-likeness (QED) is 0.797. The molecule has 0 radical (unpaired) electrons. The van der Waals surface area contributed by atoms with E-state index in [-0.39, 0.29) is 17.1 Å². The van der Waals surface area contributed by atoms with Crippen LogP contribution in [0.5, 0.6) is 0 Å². The summed E-state index contributed by atoms with van der Waals surface area (Å²) in [6.07, 6.45) is 0.546. The molecular weight excluding hydrogens is 251 g/mol. The van der Waals surface area contributed by atoms with E-state index in [1.54, 1.807) is 0 Å². The number of aliphatic carboxylic acids is 1. The summed E-state index contributed by atoms with van der Waals surface area (Å²) in [4.78, 5) is 10.7. The van der Waals surface area contributed by atoms with Crippen LogP contribution < -0.4 is 0 Å². The van der Waals surface area contributed by atoms with Crippen molar-refractivity contribution < 1.29 is 31.5 Å². The van der Waals surface area contributed by atoms with Gasteiger partial charge in [-0.25, -0.2) is 8.42 Å². The first-order chi connectivity index (χ1) is 7.18. The fraction of sp³-hybridized carbons (Fsp3) is 0.857. The molecule has 0 saturated carbocycles. The SMILES string of the molecule is O=C(O)[C@@H]1CCCCN1S(=O)(=O)C(F)(F)F. The first-order valence-corrected chi connectivity index (χ1v) is 5.93. The molecule has 0 aliphatic carbocycles. The van der Waals surface area contributed by atoms with Gasteiger partial charge in [-0.15, -0.1) is 0 Å². The Morgan fingerprint density at radius 1 is 1.31 bits per heavy atom. The molecule has 1 heterocycles. The van der Waals surface area contributed by atoms with Gasteiger partial charge in [0.2, 0.25) is 0 Å². The van der Waals surface area contributed by atoms with Crippen LogP contribution in [-0.4, -0.2) is 41.9 Å². The Hall–Kier alpha value is -0.830. The van der Waals surface area contributed by atoms with Gasteiger partial charge in [-0.05, 0) is 19.3 Å². The standard InChI is InChI=1S/C7H10F3NO4S/c8-7(9,10)16(14,15)11-4-2-1-3-5(11)6(12)13/h5H,1-4H2,(H,12,13)/t5-/m0/s1. The first-order valence-electron chi connectivity index (χ1n) is 4.49. The molecule has 16 heavy (non-hydrogen) atoms. The molecule has 1 fully saturated rings. The zero-order valence-corrected chi connectivity index (χ0v) is 8.88. The summed E-state index contributed by atoms with van der Waals surface area (Å²) >= 11 is 0. The first kappa shape index (κ1) is 13.2. The summed E-state index contributed by atoms with van der Waals surface area (Å²) in [5, 5.41) is 8.66. The van der Waals surface area contributed by atoms with Crippen molar-refractivity contribution >= 4 is 16.0 Å². The van der Waals surface area contributed by atoms with Crippen molar-refractivity contribution in [2.75, 3.05) is 6.54 Å². The van der Waals surface area contributed by atoms with Crippen LogP contribution in [0.4, 0.5) is 13.2 Å². The summed E-state index contributed by atoms with van der Waals surface area (Å²) in [5.74, 6) is -1.55. The maximum atomic E-state index is 12.2. The fourth-order valence-electron chi connectivity index (χ4n) is 1.57. The average Bonchev–Trinajstić information content (AvgIpc) is 2.16. The molecule has 0 unspecified atom stereocenters. The number of hydrogen-bond acceptors (Lipinski definition) is 3. The Balaban J connectivity index is 3.05. The van der Waals surface area contributed by atoms with Crippen LogP contribution in [0.2, 0.25) is 0 Å². The van der Waals surface area contributed by atoms with Gasteiger partial charge in [-0.2, -0.15) is 17.5 Å². The summed E-state index contributed by atoms with van der Waals surface area (Å²) in [6, 6.07) is -1.61. The third-order valence-corrected chi connectivity index (χ3v) is 3.98. The monoisotopic (exact) mass is 261 g/mol. The van der Waals surface area contributed by atoms with E-state index < -0.39 is 34.1 Å². The van der Waals surface area contributed by atoms with E-state index in [1.807, 2.05) is 0 Å². The molecule has 0 amide bonds. The highest BCUT2D eigenvalue weighted by atomic mass is 32.2. The van der Waals surface area contributed by atoms with Crippen molar-refractivity contribution in [1.29, 1.82) is 0 Å². The van der Waals surface area contributed by atoms with Gasteiger partial charge >= 0.3 is 21.5 Å². The normalized spacial score (nSPS) is 24.3. The van der Waals surface area contributed by atoms with E-state index in [0.717, 1.165) is 0 Å². The van der Waals surface area contributed by atoms with Gasteiger partial charge in [0.25, 0.3) is 0 Å². The van der Waals surface area contributed by atoms with Crippen molar-refractivity contribution in [3.8, 4) is 0 Å². The van der Waals surface area contributed by atoms with Crippen molar-refractivity contribution in [2.45, 2.75) is 30.8 Å². The van der Waals surface area contributed by atoms with E-state index in [9.17, 15) is 26.4 Å². The van der Waals surface area contributed by atoms with E-state index in [0.29, 0.717) is 6.42 Å². The largest absolute Gasteiger partial charge is 0.511 e. The molecule has 5 nitrogen and oxygen atoms in total. The van der Waals surface area contributed by atoms with E-state index >= 15 is 0 Å². The van der Waals surface area contributed by atoms with Crippen LogP contribution in [0.25, 0.3) is 0 Å². The second-order valence-electron chi connectivity index (χ2n) is 3.41. The molecule has 1 atom stereocenters. The van der Waals surface area contributed by atoms with Gasteiger partial charge < -0.3 is 5.11 Å². The number of nitrogens with zero attached hydrogens (tertiary/aromatic N) is 1. The summed E-state index contributed by atoms with van der Waals surface area (Å²) in [7, 11) is -5.54. The Bertz CT molecular complexity index is 378. The number of hydrogen-bond donors (Lipinski definition) is 1. The molecule has 0 aromatic heterocycles. The Morgan fingerprint density at radius 3 is 2.31 bits per heavy atom. The number of sulfonamides is 1. The molecule has 1 rings (SSSR count). The fourth-order valence-corrected chi connectivity index (χ4v) is 2.74. The van der Waals surface area contributed by atoms with Gasteiger partial charge in [0.05, 0.1) is 0 Å². The van der Waals surface area contributed by atoms with Crippen molar-refractivity contribution in [3.05, 3.63) is 0 Å². The number of carbonyl (C=O) groups is 1. The van der Waals surface area contributed by atoms with E-state index in [2.05, 4.69) is 0 Å². The molecule has 0 aromatic rings. The highest BCUT2D eigenvalue weighted by Crippen LogP contribution is 2.31. The molecule has 94 valence electrons. The van der Waals surface area contributed by atoms with Crippen molar-refractivity contribution in [2.24, 2.45) is 0 Å². The minimum Gasteiger partial charge on any atom is -0.480 e. The molecule has 0 bridgehead atoms. The zero-order valence-electron chi connectivity index (χ0n) is 8.07. The Labute approximate surface area is 89.9 Å². The minimum absolute atomic E-state index is 0.0266. The zero-order chi connectivity index (χ0) is 12.6. The van der Waals surface area contributed by atoms with Crippen LogP contribution in [0, 0.1) is 0 Å². The second-order valence-corrected chi connectivity index (χ2v) is 5.29. The number of carboxylic acids is 1. The lowest BCUT2D eigenvalue weighted by Crippen LogP contribution is -2.52. The lowest BCUT2D eigenvalue weighted by molar-refractivity contribution is -0.142. The van der Waals surface area contributed by atoms with Gasteiger partial charge in [-0.3, -0.25) is 4.79 Å². The predicted molar refractivity (Wildman–Crippen MR) is 47.0 cm³/mol. The molecule has 0 aromatic carbocycles. The number of piperidine rings is 1. The second kappa shape index (κ2) is 4.21. The maximum absolute atomic E-state index is 12.2. The predicted octanol–water partition coefficient (Wildman–Crippen LogP) is 0.775. The van der Waals surface area contributed by atoms with Gasteiger partial charge in [0.1, 0.15) is 6.04 Å². The molecule has 1 saturated heterocycles. The van der Waals surface area contributed by atoms with E-state index in [1.165, 1.54) is 0 Å². The lowest BCUT2D eigenvalue weighted by Gasteiger charge is -2.32. The van der Waals surface area contributed by atoms with Gasteiger partial charge in [-0.1, -0.05) is 0 Å². The molecule has 0 spiro atoms. The maximum Gasteiger partial charge on any atom is 0.511 e. The molecule has 1 N–H and O–H groups in total. The van der Waals surface area contributed by atoms with Crippen LogP contribution in [0.15, 0.2) is 0 Å². The number of carboxylic acid groups (broad SMARTS) is 1. The smallest absolute Gasteiger partial charge is 0.480 e. The molecule has 1 aliphatic rings. The highest BCUT2D eigenvalue weighted by molar-refractivity contribution is 7.90. The highest BCUT2D eigenvalue weighted by Gasteiger charge is 2.53. The molecule has 9 heteroatoms. The minimum atomic E-state index is -5.54. The number of rotatable bonds is 2. The van der Waals surface area contributed by atoms with E-state index in [4.69, 9.17) is 5.11 Å². The van der Waals surface area contributed by atoms with Gasteiger partial charge in [0.15, 0.2) is 0 Å². The summed E-state index contributed by atoms with van der Waals surface area (Å²) in [5.41, 5.74) is -5.45. The van der Waals surface area contributed by atoms with Crippen molar-refractivity contribution in [3.63, 3.8) is 0 Å². The summed E-state index contributed by atoms with van der Waals surface area (Å²) < 4.78 is 58.8.